The van der Waals surface area contributed by atoms with Crippen molar-refractivity contribution >= 4 is 11.9 Å². The number of rotatable bonds is 6. The summed E-state index contributed by atoms with van der Waals surface area (Å²) in [6.07, 6.45) is 0.416. The molecule has 0 bridgehead atoms. The van der Waals surface area contributed by atoms with E-state index in [0.717, 1.165) is 12.4 Å². The molecule has 0 aliphatic carbocycles. The highest BCUT2D eigenvalue weighted by molar-refractivity contribution is 5.76. The fraction of sp³-hybridized carbons (Fsp3) is 0.500. The summed E-state index contributed by atoms with van der Waals surface area (Å²) < 4.78 is 24.4. The summed E-state index contributed by atoms with van der Waals surface area (Å²) in [7, 11) is 0. The van der Waals surface area contributed by atoms with Gasteiger partial charge in [-0.25, -0.2) is 23.5 Å². The molecule has 1 aromatic heterocycles. The third-order valence-corrected chi connectivity index (χ3v) is 2.10. The molecule has 2 N–H and O–H groups in total. The number of aliphatic carboxylic acids is 1. The van der Waals surface area contributed by atoms with E-state index in [1.807, 2.05) is 6.92 Å². The zero-order chi connectivity index (χ0) is 12.8. The summed E-state index contributed by atoms with van der Waals surface area (Å²) in [5, 5.41) is 11.4. The molecule has 1 atom stereocenters. The van der Waals surface area contributed by atoms with Gasteiger partial charge in [-0.2, -0.15) is 0 Å². The Balaban J connectivity index is 2.70. The normalized spacial score (nSPS) is 12.5. The van der Waals surface area contributed by atoms with Crippen LogP contribution in [-0.2, 0) is 4.79 Å². The number of anilines is 1. The molecule has 1 heterocycles. The Morgan fingerprint density at radius 3 is 2.47 bits per heavy atom. The lowest BCUT2D eigenvalue weighted by atomic mass is 10.2. The van der Waals surface area contributed by atoms with Gasteiger partial charge in [0, 0.05) is 12.4 Å². The lowest BCUT2D eigenvalue weighted by Gasteiger charge is -2.13. The van der Waals surface area contributed by atoms with E-state index in [-0.39, 0.29) is 11.5 Å². The fourth-order valence-electron chi connectivity index (χ4n) is 1.23. The maximum Gasteiger partial charge on any atom is 0.326 e. The van der Waals surface area contributed by atoms with Gasteiger partial charge in [-0.05, 0) is 6.42 Å². The molecular formula is C10H13F2N3O2. The Labute approximate surface area is 96.9 Å². The van der Waals surface area contributed by atoms with Crippen molar-refractivity contribution in [2.75, 3.05) is 5.32 Å². The van der Waals surface area contributed by atoms with Gasteiger partial charge in [0.25, 0.3) is 6.43 Å². The van der Waals surface area contributed by atoms with Crippen LogP contribution in [0.5, 0.6) is 0 Å². The highest BCUT2D eigenvalue weighted by Gasteiger charge is 2.17. The van der Waals surface area contributed by atoms with Gasteiger partial charge in [-0.15, -0.1) is 0 Å². The predicted molar refractivity (Wildman–Crippen MR) is 56.9 cm³/mol. The zero-order valence-corrected chi connectivity index (χ0v) is 9.23. The van der Waals surface area contributed by atoms with Crippen LogP contribution in [0.3, 0.4) is 0 Å². The van der Waals surface area contributed by atoms with Gasteiger partial charge < -0.3 is 10.4 Å². The highest BCUT2D eigenvalue weighted by Crippen LogP contribution is 2.17. The third kappa shape index (κ3) is 3.93. The van der Waals surface area contributed by atoms with Gasteiger partial charge in [-0.1, -0.05) is 13.3 Å². The summed E-state index contributed by atoms with van der Waals surface area (Å²) in [5.41, 5.74) is -0.294. The number of carboxylic acids is 1. The van der Waals surface area contributed by atoms with Crippen LogP contribution in [0, 0.1) is 0 Å². The molecule has 0 spiro atoms. The largest absolute Gasteiger partial charge is 0.480 e. The summed E-state index contributed by atoms with van der Waals surface area (Å²) in [6.45, 7) is 1.85. The second kappa shape index (κ2) is 6.07. The minimum Gasteiger partial charge on any atom is -0.480 e. The van der Waals surface area contributed by atoms with E-state index >= 15 is 0 Å². The van der Waals surface area contributed by atoms with Crippen LogP contribution < -0.4 is 5.32 Å². The van der Waals surface area contributed by atoms with Crippen LogP contribution in [0.2, 0.25) is 0 Å². The van der Waals surface area contributed by atoms with Gasteiger partial charge in [0.2, 0.25) is 5.95 Å². The molecule has 0 saturated carbocycles. The second-order valence-corrected chi connectivity index (χ2v) is 3.46. The van der Waals surface area contributed by atoms with E-state index in [4.69, 9.17) is 5.11 Å². The molecule has 0 aliphatic rings. The molecule has 0 amide bonds. The summed E-state index contributed by atoms with van der Waals surface area (Å²) in [6, 6.07) is -0.808. The third-order valence-electron chi connectivity index (χ3n) is 2.10. The van der Waals surface area contributed by atoms with Gasteiger partial charge in [0.1, 0.15) is 6.04 Å². The van der Waals surface area contributed by atoms with Crippen molar-refractivity contribution in [3.05, 3.63) is 18.0 Å². The van der Waals surface area contributed by atoms with Crippen LogP contribution in [-0.4, -0.2) is 27.1 Å². The molecular weight excluding hydrogens is 232 g/mol. The average Bonchev–Trinajstić information content (AvgIpc) is 2.29. The topological polar surface area (TPSA) is 75.1 Å². The Bertz CT molecular complexity index is 370. The molecule has 17 heavy (non-hydrogen) atoms. The molecule has 0 radical (unpaired) electrons. The number of halogens is 2. The molecule has 0 saturated heterocycles. The number of hydrogen-bond acceptors (Lipinski definition) is 4. The molecule has 7 heteroatoms. The minimum atomic E-state index is -2.63. The number of aromatic nitrogens is 2. The standard InChI is InChI=1S/C10H13F2N3O2/c1-2-3-7(9(16)17)15-10-13-4-6(5-14-10)8(11)12/h4-5,7-8H,2-3H2,1H3,(H,16,17)(H,13,14,15). The Morgan fingerprint density at radius 1 is 1.47 bits per heavy atom. The van der Waals surface area contributed by atoms with E-state index in [1.165, 1.54) is 0 Å². The van der Waals surface area contributed by atoms with Gasteiger partial charge >= 0.3 is 5.97 Å². The van der Waals surface area contributed by atoms with Crippen LogP contribution in [0.1, 0.15) is 31.8 Å². The van der Waals surface area contributed by atoms with Crippen molar-refractivity contribution in [3.63, 3.8) is 0 Å². The smallest absolute Gasteiger partial charge is 0.326 e. The van der Waals surface area contributed by atoms with E-state index in [1.54, 1.807) is 0 Å². The van der Waals surface area contributed by atoms with Crippen molar-refractivity contribution < 1.29 is 18.7 Å². The van der Waals surface area contributed by atoms with E-state index in [2.05, 4.69) is 15.3 Å². The predicted octanol–water partition coefficient (Wildman–Crippen LogP) is 2.08. The van der Waals surface area contributed by atoms with Crippen molar-refractivity contribution in [2.45, 2.75) is 32.2 Å². The first kappa shape index (κ1) is 13.3. The lowest BCUT2D eigenvalue weighted by molar-refractivity contribution is -0.138. The first-order chi connectivity index (χ1) is 8.04. The lowest BCUT2D eigenvalue weighted by Crippen LogP contribution is -2.29. The summed E-state index contributed by atoms with van der Waals surface area (Å²) in [5.74, 6) is -0.983. The molecule has 1 rings (SSSR count). The molecule has 1 unspecified atom stereocenters. The molecule has 1 aromatic rings. The maximum absolute atomic E-state index is 12.2. The first-order valence-corrected chi connectivity index (χ1v) is 5.14. The fourth-order valence-corrected chi connectivity index (χ4v) is 1.23. The van der Waals surface area contributed by atoms with Crippen molar-refractivity contribution in [1.29, 1.82) is 0 Å². The molecule has 0 aliphatic heterocycles. The van der Waals surface area contributed by atoms with Crippen molar-refractivity contribution in [1.82, 2.24) is 9.97 Å². The van der Waals surface area contributed by atoms with Crippen molar-refractivity contribution in [2.24, 2.45) is 0 Å². The summed E-state index contributed by atoms with van der Waals surface area (Å²) in [4.78, 5) is 18.1. The zero-order valence-electron chi connectivity index (χ0n) is 9.23. The second-order valence-electron chi connectivity index (χ2n) is 3.46. The Hall–Kier alpha value is -1.79. The number of nitrogens with one attached hydrogen (secondary N) is 1. The Kier molecular flexibility index (Phi) is 4.74. The monoisotopic (exact) mass is 245 g/mol. The number of nitrogens with zero attached hydrogens (tertiary/aromatic N) is 2. The molecule has 94 valence electrons. The van der Waals surface area contributed by atoms with Gasteiger partial charge in [-0.3, -0.25) is 0 Å². The van der Waals surface area contributed by atoms with Crippen LogP contribution >= 0.6 is 0 Å². The maximum atomic E-state index is 12.2. The molecule has 0 fully saturated rings. The van der Waals surface area contributed by atoms with Crippen LogP contribution in [0.15, 0.2) is 12.4 Å². The SMILES string of the molecule is CCCC(Nc1ncc(C(F)F)cn1)C(=O)O. The summed E-state index contributed by atoms with van der Waals surface area (Å²) >= 11 is 0. The van der Waals surface area contributed by atoms with Crippen molar-refractivity contribution in [3.8, 4) is 0 Å². The highest BCUT2D eigenvalue weighted by atomic mass is 19.3. The minimum absolute atomic E-state index is 0.0373. The van der Waals surface area contributed by atoms with E-state index in [0.29, 0.717) is 12.8 Å². The molecule has 0 aromatic carbocycles. The van der Waals surface area contributed by atoms with Crippen LogP contribution in [0.4, 0.5) is 14.7 Å². The van der Waals surface area contributed by atoms with Gasteiger partial charge in [0.15, 0.2) is 0 Å². The average molecular weight is 245 g/mol. The number of alkyl halides is 2. The number of carboxylic acid groups (broad SMARTS) is 1. The van der Waals surface area contributed by atoms with E-state index in [9.17, 15) is 13.6 Å². The quantitative estimate of drug-likeness (QED) is 0.802. The van der Waals surface area contributed by atoms with Crippen LogP contribution in [0.25, 0.3) is 0 Å². The molecule has 5 nitrogen and oxygen atoms in total. The first-order valence-electron chi connectivity index (χ1n) is 5.14. The number of carbonyl (C=O) groups is 1. The van der Waals surface area contributed by atoms with Gasteiger partial charge in [0.05, 0.1) is 5.56 Å². The van der Waals surface area contributed by atoms with E-state index < -0.39 is 18.4 Å². The Morgan fingerprint density at radius 2 is 2.06 bits per heavy atom. The number of hydrogen-bond donors (Lipinski definition) is 2.